The summed E-state index contributed by atoms with van der Waals surface area (Å²) in [6.45, 7) is 1.73. The monoisotopic (exact) mass is 328 g/mol. The predicted molar refractivity (Wildman–Crippen MR) is 60.0 cm³/mol. The molecule has 0 spiro atoms. The first-order valence-electron chi connectivity index (χ1n) is 4.65. The summed E-state index contributed by atoms with van der Waals surface area (Å²) in [6.07, 6.45) is 0. The molecule has 0 saturated heterocycles. The van der Waals surface area contributed by atoms with Crippen LogP contribution in [0.4, 0.5) is 0 Å². The first-order valence-corrected chi connectivity index (χ1v) is 7.38. The summed E-state index contributed by atoms with van der Waals surface area (Å²) in [4.78, 5) is 0. The van der Waals surface area contributed by atoms with E-state index in [4.69, 9.17) is 28.8 Å². The number of aliphatic hydroxyl groups excluding tert-OH is 2. The zero-order valence-corrected chi connectivity index (χ0v) is 11.3. The van der Waals surface area contributed by atoms with Crippen LogP contribution in [-0.2, 0) is 33.9 Å². The minimum Gasteiger partial charge on any atom is -0.394 e. The molecular weight excluding hydrogens is 312 g/mol. The van der Waals surface area contributed by atoms with E-state index in [9.17, 15) is 16.8 Å². The highest BCUT2D eigenvalue weighted by Crippen LogP contribution is 1.91. The van der Waals surface area contributed by atoms with Gasteiger partial charge in [-0.15, -0.1) is 3.63 Å². The zero-order chi connectivity index (χ0) is 15.4. The van der Waals surface area contributed by atoms with Gasteiger partial charge in [0.05, 0.1) is 39.6 Å². The van der Waals surface area contributed by atoms with Crippen molar-refractivity contribution in [3.63, 3.8) is 0 Å². The maximum Gasteiger partial charge on any atom is 0.413 e. The predicted octanol–water partition coefficient (Wildman–Crippen LogP) is -2.39. The molecule has 0 aromatic heterocycles. The largest absolute Gasteiger partial charge is 0.413 e. The Balaban J connectivity index is 0. The lowest BCUT2D eigenvalue weighted by molar-refractivity contribution is 0.0222. The van der Waals surface area contributed by atoms with Crippen molar-refractivity contribution in [1.29, 1.82) is 0 Å². The number of hydrogen-bond acceptors (Lipinski definition) is 9. The van der Waals surface area contributed by atoms with Crippen LogP contribution in [0.5, 0.6) is 0 Å². The van der Waals surface area contributed by atoms with Gasteiger partial charge in [-0.05, 0) is 0 Å². The SMILES string of the molecule is O=S(=O)(O)OS(=O)(=O)O.OCCOCCOCCO. The molecule has 0 amide bonds. The topological polar surface area (TPSA) is 177 Å². The molecule has 0 radical (unpaired) electrons. The van der Waals surface area contributed by atoms with E-state index in [0.29, 0.717) is 26.4 Å². The second-order valence-electron chi connectivity index (χ2n) is 2.60. The summed E-state index contributed by atoms with van der Waals surface area (Å²) >= 11 is 0. The number of ether oxygens (including phenoxy) is 2. The maximum absolute atomic E-state index is 9.44. The molecule has 0 fully saturated rings. The third kappa shape index (κ3) is 27.0. The van der Waals surface area contributed by atoms with Gasteiger partial charge in [0, 0.05) is 0 Å². The van der Waals surface area contributed by atoms with Gasteiger partial charge in [0.15, 0.2) is 0 Å². The van der Waals surface area contributed by atoms with Gasteiger partial charge in [-0.1, -0.05) is 0 Å². The van der Waals surface area contributed by atoms with Crippen molar-refractivity contribution >= 4 is 20.8 Å². The molecule has 11 nitrogen and oxygen atoms in total. The highest BCUT2D eigenvalue weighted by molar-refractivity contribution is 7.94. The maximum atomic E-state index is 9.44. The van der Waals surface area contributed by atoms with E-state index in [0.717, 1.165) is 0 Å². The van der Waals surface area contributed by atoms with Crippen LogP contribution in [0, 0.1) is 0 Å². The minimum atomic E-state index is -5.12. The summed E-state index contributed by atoms with van der Waals surface area (Å²) in [5, 5.41) is 16.5. The van der Waals surface area contributed by atoms with Crippen molar-refractivity contribution in [1.82, 2.24) is 0 Å². The van der Waals surface area contributed by atoms with Crippen LogP contribution in [0.15, 0.2) is 0 Å². The number of hydrogen-bond donors (Lipinski definition) is 4. The summed E-state index contributed by atoms with van der Waals surface area (Å²) in [6, 6.07) is 0. The van der Waals surface area contributed by atoms with Crippen molar-refractivity contribution in [3.8, 4) is 0 Å². The van der Waals surface area contributed by atoms with Crippen LogP contribution in [0.1, 0.15) is 0 Å². The Morgan fingerprint density at radius 3 is 1.16 bits per heavy atom. The molecule has 0 atom stereocenters. The normalized spacial score (nSPS) is 11.8. The Labute approximate surface area is 110 Å². The van der Waals surface area contributed by atoms with Crippen molar-refractivity contribution in [2.75, 3.05) is 39.6 Å². The molecule has 118 valence electrons. The Morgan fingerprint density at radius 1 is 0.684 bits per heavy atom. The summed E-state index contributed by atoms with van der Waals surface area (Å²) in [5.41, 5.74) is 0. The molecule has 0 rings (SSSR count). The fourth-order valence-corrected chi connectivity index (χ4v) is 1.43. The van der Waals surface area contributed by atoms with Crippen molar-refractivity contribution in [2.45, 2.75) is 0 Å². The van der Waals surface area contributed by atoms with E-state index in [-0.39, 0.29) is 13.2 Å². The van der Waals surface area contributed by atoms with Crippen LogP contribution in [0.25, 0.3) is 0 Å². The van der Waals surface area contributed by atoms with E-state index >= 15 is 0 Å². The molecule has 19 heavy (non-hydrogen) atoms. The molecule has 4 N–H and O–H groups in total. The Morgan fingerprint density at radius 2 is 1.00 bits per heavy atom. The number of aliphatic hydroxyl groups is 2. The van der Waals surface area contributed by atoms with Crippen molar-refractivity contribution in [2.24, 2.45) is 0 Å². The smallest absolute Gasteiger partial charge is 0.394 e. The van der Waals surface area contributed by atoms with E-state index < -0.39 is 20.8 Å². The Bertz CT molecular complexity index is 347. The van der Waals surface area contributed by atoms with Crippen LogP contribution < -0.4 is 0 Å². The Hall–Kier alpha value is -0.380. The lowest BCUT2D eigenvalue weighted by atomic mass is 10.7. The van der Waals surface area contributed by atoms with Gasteiger partial charge in [-0.25, -0.2) is 0 Å². The molecule has 0 unspecified atom stereocenters. The summed E-state index contributed by atoms with van der Waals surface area (Å²) in [5.74, 6) is 0. The summed E-state index contributed by atoms with van der Waals surface area (Å²) in [7, 11) is -10.2. The second kappa shape index (κ2) is 11.4. The van der Waals surface area contributed by atoms with E-state index in [1.165, 1.54) is 0 Å². The van der Waals surface area contributed by atoms with Gasteiger partial charge >= 0.3 is 20.8 Å². The quantitative estimate of drug-likeness (QED) is 0.262. The van der Waals surface area contributed by atoms with E-state index in [1.807, 2.05) is 0 Å². The van der Waals surface area contributed by atoms with E-state index in [2.05, 4.69) is 3.63 Å². The van der Waals surface area contributed by atoms with Gasteiger partial charge in [-0.3, -0.25) is 9.11 Å². The van der Waals surface area contributed by atoms with Crippen LogP contribution in [-0.4, -0.2) is 75.8 Å². The zero-order valence-electron chi connectivity index (χ0n) is 9.71. The Kier molecular flexibility index (Phi) is 12.6. The van der Waals surface area contributed by atoms with Gasteiger partial charge in [0.2, 0.25) is 0 Å². The highest BCUT2D eigenvalue weighted by atomic mass is 32.3. The second-order valence-corrected chi connectivity index (χ2v) is 4.85. The third-order valence-electron chi connectivity index (χ3n) is 1.02. The van der Waals surface area contributed by atoms with Gasteiger partial charge < -0.3 is 19.7 Å². The van der Waals surface area contributed by atoms with Crippen LogP contribution >= 0.6 is 0 Å². The fraction of sp³-hybridized carbons (Fsp3) is 1.00. The van der Waals surface area contributed by atoms with E-state index in [1.54, 1.807) is 0 Å². The molecule has 0 bridgehead atoms. The molecule has 0 aromatic rings. The molecule has 0 saturated carbocycles. The molecule has 0 aromatic carbocycles. The van der Waals surface area contributed by atoms with Crippen LogP contribution in [0.3, 0.4) is 0 Å². The lowest BCUT2D eigenvalue weighted by Gasteiger charge is -2.01. The minimum absolute atomic E-state index is 0.0417. The average molecular weight is 328 g/mol. The molecule has 0 aliphatic rings. The molecule has 0 heterocycles. The lowest BCUT2D eigenvalue weighted by Crippen LogP contribution is -2.10. The van der Waals surface area contributed by atoms with Crippen molar-refractivity contribution in [3.05, 3.63) is 0 Å². The van der Waals surface area contributed by atoms with Gasteiger partial charge in [0.1, 0.15) is 0 Å². The van der Waals surface area contributed by atoms with Crippen LogP contribution in [0.2, 0.25) is 0 Å². The van der Waals surface area contributed by atoms with Gasteiger partial charge in [0.25, 0.3) is 0 Å². The fourth-order valence-electron chi connectivity index (χ4n) is 0.560. The molecule has 0 aliphatic carbocycles. The summed E-state index contributed by atoms with van der Waals surface area (Å²) < 4.78 is 65.3. The van der Waals surface area contributed by atoms with Crippen molar-refractivity contribution < 1.29 is 49.3 Å². The molecule has 0 aliphatic heterocycles. The molecule has 13 heteroatoms. The average Bonchev–Trinajstić information content (AvgIpc) is 2.19. The number of rotatable bonds is 9. The standard InChI is InChI=1S/C6H14O4.H2O7S2/c7-1-3-9-5-6-10-4-2-8;1-8(2,3)7-9(4,5)6/h7-8H,1-6H2;(H,1,2,3)(H,4,5,6). The first-order chi connectivity index (χ1) is 8.62. The third-order valence-corrected chi connectivity index (χ3v) is 2.39. The molecular formula is C6H16O11S2. The van der Waals surface area contributed by atoms with Gasteiger partial charge in [-0.2, -0.15) is 16.8 Å². The highest BCUT2D eigenvalue weighted by Gasteiger charge is 2.15. The first kappa shape index (κ1) is 20.9.